The summed E-state index contributed by atoms with van der Waals surface area (Å²) in [4.78, 5) is 0. The summed E-state index contributed by atoms with van der Waals surface area (Å²) in [5.41, 5.74) is 11.0. The Morgan fingerprint density at radius 1 is 1.00 bits per heavy atom. The van der Waals surface area contributed by atoms with E-state index in [0.717, 1.165) is 0 Å². The average Bonchev–Trinajstić information content (AvgIpc) is 2.24. The fourth-order valence-electron chi connectivity index (χ4n) is 0.818. The van der Waals surface area contributed by atoms with Crippen molar-refractivity contribution in [3.63, 3.8) is 0 Å². The maximum atomic E-state index is 8.55. The lowest BCUT2D eigenvalue weighted by atomic mass is 10.4. The minimum absolute atomic E-state index is 0.0522. The molecule has 6 N–H and O–H groups in total. The molecule has 0 radical (unpaired) electrons. The van der Waals surface area contributed by atoms with Crippen molar-refractivity contribution in [3.8, 4) is 0 Å². The van der Waals surface area contributed by atoms with Gasteiger partial charge in [0.25, 0.3) is 0 Å². The SMILES string of the molecule is NCC(OCCCO)=C(N)OCCCO. The van der Waals surface area contributed by atoms with Crippen LogP contribution in [0.2, 0.25) is 0 Å². The van der Waals surface area contributed by atoms with Crippen LogP contribution in [0.3, 0.4) is 0 Å². The van der Waals surface area contributed by atoms with Crippen molar-refractivity contribution in [2.24, 2.45) is 11.5 Å². The Bertz CT molecular complexity index is 185. The van der Waals surface area contributed by atoms with Gasteiger partial charge in [0.15, 0.2) is 5.76 Å². The maximum absolute atomic E-state index is 8.55. The van der Waals surface area contributed by atoms with Gasteiger partial charge in [0.05, 0.1) is 19.8 Å². The average molecular weight is 220 g/mol. The molecule has 6 heteroatoms. The number of aliphatic hydroxyl groups excluding tert-OH is 2. The van der Waals surface area contributed by atoms with Crippen molar-refractivity contribution in [3.05, 3.63) is 11.6 Å². The van der Waals surface area contributed by atoms with Gasteiger partial charge in [-0.05, 0) is 0 Å². The second kappa shape index (κ2) is 9.57. The van der Waals surface area contributed by atoms with Gasteiger partial charge in [0.1, 0.15) is 0 Å². The zero-order chi connectivity index (χ0) is 11.5. The van der Waals surface area contributed by atoms with Crippen molar-refractivity contribution in [2.75, 3.05) is 33.0 Å². The molecule has 0 rings (SSSR count). The lowest BCUT2D eigenvalue weighted by Gasteiger charge is -2.12. The van der Waals surface area contributed by atoms with Crippen molar-refractivity contribution >= 4 is 0 Å². The van der Waals surface area contributed by atoms with Crippen LogP contribution in [-0.2, 0) is 9.47 Å². The molecule has 0 fully saturated rings. The molecule has 0 atom stereocenters. The maximum Gasteiger partial charge on any atom is 0.224 e. The van der Waals surface area contributed by atoms with Gasteiger partial charge in [-0.15, -0.1) is 0 Å². The van der Waals surface area contributed by atoms with Gasteiger partial charge in [-0.2, -0.15) is 0 Å². The topological polar surface area (TPSA) is 111 Å². The lowest BCUT2D eigenvalue weighted by molar-refractivity contribution is 0.128. The standard InChI is InChI=1S/C9H20N2O4/c10-7-8(14-5-1-3-12)9(11)15-6-2-4-13/h12-13H,1-7,10-11H2. The first-order valence-electron chi connectivity index (χ1n) is 4.92. The second-order valence-electron chi connectivity index (χ2n) is 2.84. The van der Waals surface area contributed by atoms with Crippen molar-refractivity contribution in [2.45, 2.75) is 12.8 Å². The van der Waals surface area contributed by atoms with E-state index in [1.54, 1.807) is 0 Å². The molecule has 0 saturated carbocycles. The largest absolute Gasteiger partial charge is 0.491 e. The van der Waals surface area contributed by atoms with Gasteiger partial charge in [0, 0.05) is 26.1 Å². The molecule has 0 aromatic heterocycles. The van der Waals surface area contributed by atoms with E-state index in [1.807, 2.05) is 0 Å². The number of aliphatic hydroxyl groups is 2. The Hall–Kier alpha value is -0.980. The minimum Gasteiger partial charge on any atom is -0.491 e. The first-order chi connectivity index (χ1) is 7.26. The summed E-state index contributed by atoms with van der Waals surface area (Å²) in [6.45, 7) is 0.943. The highest BCUT2D eigenvalue weighted by atomic mass is 16.5. The van der Waals surface area contributed by atoms with Crippen LogP contribution in [0, 0.1) is 0 Å². The Kier molecular flexibility index (Phi) is 8.95. The van der Waals surface area contributed by atoms with Gasteiger partial charge < -0.3 is 31.2 Å². The van der Waals surface area contributed by atoms with E-state index >= 15 is 0 Å². The number of hydrogen-bond donors (Lipinski definition) is 4. The molecule has 0 aliphatic carbocycles. The van der Waals surface area contributed by atoms with Crippen molar-refractivity contribution < 1.29 is 19.7 Å². The fourth-order valence-corrected chi connectivity index (χ4v) is 0.818. The van der Waals surface area contributed by atoms with Gasteiger partial charge in [0.2, 0.25) is 5.88 Å². The van der Waals surface area contributed by atoms with E-state index in [0.29, 0.717) is 31.8 Å². The van der Waals surface area contributed by atoms with Crippen LogP contribution < -0.4 is 11.5 Å². The summed E-state index contributed by atoms with van der Waals surface area (Å²) >= 11 is 0. The van der Waals surface area contributed by atoms with Crippen LogP contribution in [0.1, 0.15) is 12.8 Å². The third kappa shape index (κ3) is 7.01. The summed E-state index contributed by atoms with van der Waals surface area (Å²) in [7, 11) is 0. The molecule has 6 nitrogen and oxygen atoms in total. The molecule has 0 amide bonds. The van der Waals surface area contributed by atoms with E-state index in [9.17, 15) is 0 Å². The summed E-state index contributed by atoms with van der Waals surface area (Å²) in [5.74, 6) is 0.519. The first-order valence-corrected chi connectivity index (χ1v) is 4.92. The number of rotatable bonds is 9. The molecule has 0 saturated heterocycles. The smallest absolute Gasteiger partial charge is 0.224 e. The van der Waals surface area contributed by atoms with Gasteiger partial charge in [-0.3, -0.25) is 0 Å². The molecular formula is C9H20N2O4. The van der Waals surface area contributed by atoms with Crippen LogP contribution in [0.25, 0.3) is 0 Å². The molecule has 0 aromatic carbocycles. The molecular weight excluding hydrogens is 200 g/mol. The Morgan fingerprint density at radius 2 is 1.53 bits per heavy atom. The normalized spacial score (nSPS) is 12.2. The van der Waals surface area contributed by atoms with Crippen LogP contribution in [0.5, 0.6) is 0 Å². The monoisotopic (exact) mass is 220 g/mol. The Balaban J connectivity index is 3.90. The Morgan fingerprint density at radius 3 is 2.00 bits per heavy atom. The van der Waals surface area contributed by atoms with E-state index in [4.69, 9.17) is 31.2 Å². The summed E-state index contributed by atoms with van der Waals surface area (Å²) < 4.78 is 10.3. The second-order valence-corrected chi connectivity index (χ2v) is 2.84. The summed E-state index contributed by atoms with van der Waals surface area (Å²) in [5, 5.41) is 17.1. The quantitative estimate of drug-likeness (QED) is 0.289. The third-order valence-corrected chi connectivity index (χ3v) is 1.60. The number of ether oxygens (including phenoxy) is 2. The molecule has 15 heavy (non-hydrogen) atoms. The molecule has 0 aromatic rings. The summed E-state index contributed by atoms with van der Waals surface area (Å²) in [6, 6.07) is 0. The number of hydrogen-bond acceptors (Lipinski definition) is 6. The summed E-state index contributed by atoms with van der Waals surface area (Å²) in [6.07, 6.45) is 1.03. The molecule has 0 spiro atoms. The lowest BCUT2D eigenvalue weighted by Crippen LogP contribution is -2.17. The molecule has 0 bridgehead atoms. The predicted molar refractivity (Wildman–Crippen MR) is 55.6 cm³/mol. The van der Waals surface area contributed by atoms with Crippen LogP contribution in [0.15, 0.2) is 11.6 Å². The van der Waals surface area contributed by atoms with Gasteiger partial charge in [-0.25, -0.2) is 0 Å². The molecule has 0 unspecified atom stereocenters. The highest BCUT2D eigenvalue weighted by Crippen LogP contribution is 2.02. The zero-order valence-corrected chi connectivity index (χ0v) is 8.82. The van der Waals surface area contributed by atoms with Crippen LogP contribution in [0.4, 0.5) is 0 Å². The van der Waals surface area contributed by atoms with Crippen molar-refractivity contribution in [1.29, 1.82) is 0 Å². The number of nitrogens with two attached hydrogens (primary N) is 2. The van der Waals surface area contributed by atoms with Gasteiger partial charge >= 0.3 is 0 Å². The minimum atomic E-state index is 0.0522. The third-order valence-electron chi connectivity index (χ3n) is 1.60. The molecule has 0 aliphatic rings. The molecule has 0 heterocycles. The molecule has 90 valence electrons. The van der Waals surface area contributed by atoms with E-state index in [2.05, 4.69) is 0 Å². The zero-order valence-electron chi connectivity index (χ0n) is 8.82. The van der Waals surface area contributed by atoms with E-state index < -0.39 is 0 Å². The highest BCUT2D eigenvalue weighted by molar-refractivity contribution is 4.98. The Labute approximate surface area is 89.5 Å². The van der Waals surface area contributed by atoms with Crippen LogP contribution >= 0.6 is 0 Å². The first kappa shape index (κ1) is 14.0. The fraction of sp³-hybridized carbons (Fsp3) is 0.778. The predicted octanol–water partition coefficient (Wildman–Crippen LogP) is -1.13. The van der Waals surface area contributed by atoms with Gasteiger partial charge in [-0.1, -0.05) is 0 Å². The van der Waals surface area contributed by atoms with Crippen LogP contribution in [-0.4, -0.2) is 43.2 Å². The molecule has 0 aliphatic heterocycles. The highest BCUT2D eigenvalue weighted by Gasteiger charge is 2.04. The van der Waals surface area contributed by atoms with Crippen molar-refractivity contribution in [1.82, 2.24) is 0 Å². The van der Waals surface area contributed by atoms with E-state index in [1.165, 1.54) is 0 Å². The van der Waals surface area contributed by atoms with E-state index in [-0.39, 0.29) is 25.6 Å².